The van der Waals surface area contributed by atoms with Gasteiger partial charge in [0.05, 0.1) is 28.3 Å². The van der Waals surface area contributed by atoms with Crippen LogP contribution in [0, 0.1) is 12.3 Å². The Morgan fingerprint density at radius 2 is 1.76 bits per heavy atom. The average Bonchev–Trinajstić information content (AvgIpc) is 2.98. The van der Waals surface area contributed by atoms with Gasteiger partial charge < -0.3 is 25.0 Å². The number of piperidine rings is 1. The standard InChI is InChI=1S/C31H37ClN4O6/c1-21-8-9-22-25(18-21)41-17-5-14-34-30(40)31(10-2-3-13-33-29(22)39)11-15-35(16-12-31)26(37)19-36-24-7-4-6-23(32)28(24)42-20-27(36)38/h4,6-9,18H,2-3,5,10-17,19-20H2,1H3,(H,33,39)(H,34,40). The van der Waals surface area contributed by atoms with E-state index in [0.717, 1.165) is 18.4 Å². The van der Waals surface area contributed by atoms with Crippen molar-refractivity contribution in [1.29, 1.82) is 0 Å². The number of para-hydroxylation sites is 1. The van der Waals surface area contributed by atoms with Gasteiger partial charge >= 0.3 is 0 Å². The van der Waals surface area contributed by atoms with Crippen LogP contribution in [0.5, 0.6) is 11.5 Å². The second-order valence-corrected chi connectivity index (χ2v) is 11.6. The quantitative estimate of drug-likeness (QED) is 0.548. The Balaban J connectivity index is 1.21. The van der Waals surface area contributed by atoms with E-state index in [1.807, 2.05) is 19.1 Å². The number of nitrogens with one attached hydrogen (secondary N) is 2. The Labute approximate surface area is 250 Å². The van der Waals surface area contributed by atoms with E-state index in [1.54, 1.807) is 29.2 Å². The first kappa shape index (κ1) is 29.7. The summed E-state index contributed by atoms with van der Waals surface area (Å²) in [5.74, 6) is 0.292. The van der Waals surface area contributed by atoms with Crippen molar-refractivity contribution in [3.8, 4) is 11.5 Å². The molecule has 3 aliphatic rings. The van der Waals surface area contributed by atoms with Gasteiger partial charge in [-0.2, -0.15) is 0 Å². The fraction of sp³-hybridized carbons (Fsp3) is 0.484. The summed E-state index contributed by atoms with van der Waals surface area (Å²) in [6.45, 7) is 3.82. The van der Waals surface area contributed by atoms with E-state index >= 15 is 0 Å². The van der Waals surface area contributed by atoms with Crippen LogP contribution in [-0.4, -0.2) is 74.5 Å². The number of ether oxygens (including phenoxy) is 2. The highest BCUT2D eigenvalue weighted by Gasteiger charge is 2.42. The number of carbonyl (C=O) groups is 4. The number of likely N-dealkylation sites (tertiary alicyclic amines) is 1. The van der Waals surface area contributed by atoms with Crippen molar-refractivity contribution in [2.45, 2.75) is 45.4 Å². The van der Waals surface area contributed by atoms with Crippen molar-refractivity contribution in [2.75, 3.05) is 50.8 Å². The highest BCUT2D eigenvalue weighted by molar-refractivity contribution is 6.32. The SMILES string of the molecule is Cc1ccc2c(c1)OCCCNC(=O)C1(CCCCNC2=O)CCN(C(=O)CN2C(=O)COc3c(Cl)cccc32)CC1. The molecule has 1 saturated heterocycles. The van der Waals surface area contributed by atoms with Crippen LogP contribution in [0.15, 0.2) is 36.4 Å². The summed E-state index contributed by atoms with van der Waals surface area (Å²) in [6, 6.07) is 10.6. The molecule has 0 aromatic heterocycles. The van der Waals surface area contributed by atoms with E-state index in [9.17, 15) is 19.2 Å². The van der Waals surface area contributed by atoms with E-state index in [4.69, 9.17) is 21.1 Å². The number of anilines is 1. The predicted molar refractivity (Wildman–Crippen MR) is 158 cm³/mol. The zero-order valence-corrected chi connectivity index (χ0v) is 24.6. The topological polar surface area (TPSA) is 117 Å². The second-order valence-electron chi connectivity index (χ2n) is 11.2. The van der Waals surface area contributed by atoms with Crippen molar-refractivity contribution in [2.24, 2.45) is 5.41 Å². The van der Waals surface area contributed by atoms with E-state index in [-0.39, 0.29) is 36.8 Å². The van der Waals surface area contributed by atoms with Gasteiger partial charge in [-0.25, -0.2) is 0 Å². The van der Waals surface area contributed by atoms with Crippen molar-refractivity contribution < 1.29 is 28.7 Å². The van der Waals surface area contributed by atoms with Crippen molar-refractivity contribution >= 4 is 40.9 Å². The lowest BCUT2D eigenvalue weighted by Crippen LogP contribution is -2.53. The van der Waals surface area contributed by atoms with Gasteiger partial charge in [0, 0.05) is 26.2 Å². The zero-order valence-electron chi connectivity index (χ0n) is 23.9. The minimum absolute atomic E-state index is 0.00308. The molecule has 0 atom stereocenters. The van der Waals surface area contributed by atoms with Gasteiger partial charge in [0.15, 0.2) is 12.4 Å². The fourth-order valence-corrected chi connectivity index (χ4v) is 6.07. The maximum Gasteiger partial charge on any atom is 0.265 e. The second kappa shape index (κ2) is 13.0. The van der Waals surface area contributed by atoms with Crippen LogP contribution in [0.3, 0.4) is 0 Å². The van der Waals surface area contributed by atoms with Gasteiger partial charge in [-0.3, -0.25) is 24.1 Å². The number of amides is 4. The molecule has 42 heavy (non-hydrogen) atoms. The molecule has 4 amide bonds. The smallest absolute Gasteiger partial charge is 0.265 e. The van der Waals surface area contributed by atoms with Crippen LogP contribution in [-0.2, 0) is 14.4 Å². The third-order valence-corrected chi connectivity index (χ3v) is 8.64. The van der Waals surface area contributed by atoms with Crippen LogP contribution >= 0.6 is 11.6 Å². The summed E-state index contributed by atoms with van der Waals surface area (Å²) in [7, 11) is 0. The van der Waals surface area contributed by atoms with Crippen molar-refractivity contribution in [3.05, 3.63) is 52.5 Å². The molecule has 2 aromatic carbocycles. The Hall–Kier alpha value is -3.79. The van der Waals surface area contributed by atoms with Crippen LogP contribution < -0.4 is 25.0 Å². The maximum absolute atomic E-state index is 13.5. The summed E-state index contributed by atoms with van der Waals surface area (Å²) in [5.41, 5.74) is 1.40. The van der Waals surface area contributed by atoms with E-state index in [0.29, 0.717) is 86.2 Å². The lowest BCUT2D eigenvalue weighted by Gasteiger charge is -2.41. The number of rotatable bonds is 2. The Morgan fingerprint density at radius 1 is 0.976 bits per heavy atom. The van der Waals surface area contributed by atoms with Crippen LogP contribution in [0.25, 0.3) is 0 Å². The fourth-order valence-electron chi connectivity index (χ4n) is 5.85. The molecule has 0 saturated carbocycles. The summed E-state index contributed by atoms with van der Waals surface area (Å²) in [4.78, 5) is 55.4. The van der Waals surface area contributed by atoms with Gasteiger partial charge in [0.2, 0.25) is 11.8 Å². The normalized spacial score (nSPS) is 19.7. The first-order valence-corrected chi connectivity index (χ1v) is 14.9. The molecule has 224 valence electrons. The highest BCUT2D eigenvalue weighted by Crippen LogP contribution is 2.39. The van der Waals surface area contributed by atoms with Crippen molar-refractivity contribution in [3.63, 3.8) is 0 Å². The molecule has 2 aromatic rings. The molecule has 0 unspecified atom stereocenters. The summed E-state index contributed by atoms with van der Waals surface area (Å²) in [5, 5.41) is 6.48. The lowest BCUT2D eigenvalue weighted by molar-refractivity contribution is -0.140. The summed E-state index contributed by atoms with van der Waals surface area (Å²) in [6.07, 6.45) is 3.80. The number of aryl methyl sites for hydroxylation is 1. The first-order valence-electron chi connectivity index (χ1n) is 14.6. The van der Waals surface area contributed by atoms with Gasteiger partial charge in [-0.1, -0.05) is 30.2 Å². The molecule has 1 spiro atoms. The minimum Gasteiger partial charge on any atom is -0.493 e. The lowest BCUT2D eigenvalue weighted by atomic mass is 9.73. The average molecular weight is 597 g/mol. The number of nitrogens with zero attached hydrogens (tertiary/aromatic N) is 2. The third kappa shape index (κ3) is 6.48. The van der Waals surface area contributed by atoms with Crippen LogP contribution in [0.1, 0.15) is 54.4 Å². The van der Waals surface area contributed by atoms with Crippen LogP contribution in [0.2, 0.25) is 5.02 Å². The molecule has 1 fully saturated rings. The van der Waals surface area contributed by atoms with E-state index in [1.165, 1.54) is 4.90 Å². The Bertz CT molecular complexity index is 1360. The number of benzene rings is 2. The summed E-state index contributed by atoms with van der Waals surface area (Å²) < 4.78 is 11.4. The largest absolute Gasteiger partial charge is 0.493 e. The number of hydrogen-bond acceptors (Lipinski definition) is 6. The molecule has 11 heteroatoms. The van der Waals surface area contributed by atoms with Crippen LogP contribution in [0.4, 0.5) is 5.69 Å². The molecule has 10 nitrogen and oxygen atoms in total. The third-order valence-electron chi connectivity index (χ3n) is 8.34. The van der Waals surface area contributed by atoms with E-state index < -0.39 is 5.41 Å². The Kier molecular flexibility index (Phi) is 9.21. The molecule has 0 bridgehead atoms. The molecule has 3 aliphatic heterocycles. The van der Waals surface area contributed by atoms with Gasteiger partial charge in [0.1, 0.15) is 12.3 Å². The minimum atomic E-state index is -0.600. The molecule has 3 heterocycles. The molecule has 0 radical (unpaired) electrons. The van der Waals surface area contributed by atoms with E-state index in [2.05, 4.69) is 10.6 Å². The van der Waals surface area contributed by atoms with Crippen molar-refractivity contribution in [1.82, 2.24) is 15.5 Å². The maximum atomic E-state index is 13.5. The summed E-state index contributed by atoms with van der Waals surface area (Å²) >= 11 is 6.24. The number of fused-ring (bicyclic) bond motifs is 2. The number of hydrogen-bond donors (Lipinski definition) is 2. The molecular weight excluding hydrogens is 560 g/mol. The molecule has 5 rings (SSSR count). The van der Waals surface area contributed by atoms with Gasteiger partial charge in [-0.05, 0) is 68.9 Å². The van der Waals surface area contributed by atoms with Gasteiger partial charge in [-0.15, -0.1) is 0 Å². The predicted octanol–water partition coefficient (Wildman–Crippen LogP) is 3.48. The molecular formula is C31H37ClN4O6. The number of halogens is 1. The monoisotopic (exact) mass is 596 g/mol. The Morgan fingerprint density at radius 3 is 2.57 bits per heavy atom. The molecule has 0 aliphatic carbocycles. The molecule has 2 N–H and O–H groups in total. The highest BCUT2D eigenvalue weighted by atomic mass is 35.5. The number of carbonyl (C=O) groups excluding carboxylic acids is 4. The van der Waals surface area contributed by atoms with Gasteiger partial charge in [0.25, 0.3) is 11.8 Å². The zero-order chi connectivity index (χ0) is 29.7. The first-order chi connectivity index (χ1) is 20.3.